The lowest BCUT2D eigenvalue weighted by molar-refractivity contribution is 0.0671. The number of ether oxygens (including phenoxy) is 1. The lowest BCUT2D eigenvalue weighted by Crippen LogP contribution is -2.38. The molecule has 1 saturated heterocycles. The van der Waals surface area contributed by atoms with Gasteiger partial charge in [-0.05, 0) is 51.1 Å². The van der Waals surface area contributed by atoms with Crippen LogP contribution in [0.3, 0.4) is 0 Å². The van der Waals surface area contributed by atoms with Crippen molar-refractivity contribution >= 4 is 34.8 Å². The number of aromatic nitrogens is 5. The van der Waals surface area contributed by atoms with Crippen molar-refractivity contribution in [2.75, 3.05) is 23.7 Å². The Morgan fingerprint density at radius 1 is 1.18 bits per heavy atom. The first-order valence-electron chi connectivity index (χ1n) is 12.4. The molecule has 5 rings (SSSR count). The first-order chi connectivity index (χ1) is 18.5. The van der Waals surface area contributed by atoms with Crippen LogP contribution in [0.25, 0.3) is 10.6 Å². The number of carbonyl (C=O) groups is 2. The zero-order valence-corrected chi connectivity index (χ0v) is 21.9. The topological polar surface area (TPSA) is 136 Å². The van der Waals surface area contributed by atoms with Gasteiger partial charge in [0.25, 0.3) is 0 Å². The predicted molar refractivity (Wildman–Crippen MR) is 145 cm³/mol. The molecule has 196 valence electrons. The summed E-state index contributed by atoms with van der Waals surface area (Å²) in [6, 6.07) is 10.1. The minimum atomic E-state index is -0.732. The number of anilines is 2. The van der Waals surface area contributed by atoms with Crippen LogP contribution in [0.5, 0.6) is 5.88 Å². The quantitative estimate of drug-likeness (QED) is 0.275. The van der Waals surface area contributed by atoms with Crippen molar-refractivity contribution in [3.63, 3.8) is 0 Å². The molecular formula is C26H28N8O3S. The number of urea groups is 1. The van der Waals surface area contributed by atoms with Gasteiger partial charge < -0.3 is 10.1 Å². The van der Waals surface area contributed by atoms with E-state index in [0.29, 0.717) is 24.6 Å². The van der Waals surface area contributed by atoms with Gasteiger partial charge in [0.1, 0.15) is 22.3 Å². The van der Waals surface area contributed by atoms with E-state index in [1.807, 2.05) is 26.0 Å². The number of pyridine rings is 2. The van der Waals surface area contributed by atoms with Crippen LogP contribution in [0.2, 0.25) is 0 Å². The Bertz CT molecular complexity index is 1410. The molecule has 38 heavy (non-hydrogen) atoms. The molecule has 0 saturated carbocycles. The highest BCUT2D eigenvalue weighted by Gasteiger charge is 2.35. The standard InChI is InChI=1S/C26H28N8O3S/c1-3-34-19(13-16(2)33-34)23(35)24(18-9-12-28-14-18)37-22-6-4-5-20(29-22)31-26(36)32-21-15-38-25(30-21)17-7-10-27-11-8-17/h4-8,10-11,13,15,18,24,28H,3,9,12,14H2,1-2H3,(H2,29,31,32,36). The molecule has 4 aromatic heterocycles. The summed E-state index contributed by atoms with van der Waals surface area (Å²) in [6.45, 7) is 5.89. The Labute approximate surface area is 223 Å². The highest BCUT2D eigenvalue weighted by Crippen LogP contribution is 2.26. The summed E-state index contributed by atoms with van der Waals surface area (Å²) < 4.78 is 7.89. The second-order valence-corrected chi connectivity index (χ2v) is 9.71. The number of rotatable bonds is 9. The lowest BCUT2D eigenvalue weighted by Gasteiger charge is -2.23. The van der Waals surface area contributed by atoms with Crippen molar-refractivity contribution in [3.8, 4) is 16.5 Å². The number of ketones is 1. The largest absolute Gasteiger partial charge is 0.465 e. The Hall–Kier alpha value is -4.16. The van der Waals surface area contributed by atoms with E-state index >= 15 is 0 Å². The zero-order chi connectivity index (χ0) is 26.5. The van der Waals surface area contributed by atoms with E-state index < -0.39 is 12.1 Å². The molecule has 2 atom stereocenters. The maximum Gasteiger partial charge on any atom is 0.326 e. The molecule has 0 radical (unpaired) electrons. The van der Waals surface area contributed by atoms with Gasteiger partial charge in [0.05, 0.1) is 5.69 Å². The lowest BCUT2D eigenvalue weighted by atomic mass is 9.96. The molecule has 5 heterocycles. The molecule has 12 heteroatoms. The third-order valence-electron chi connectivity index (χ3n) is 6.13. The van der Waals surface area contributed by atoms with Crippen molar-refractivity contribution in [1.29, 1.82) is 0 Å². The highest BCUT2D eigenvalue weighted by atomic mass is 32.1. The van der Waals surface area contributed by atoms with Crippen molar-refractivity contribution in [2.24, 2.45) is 5.92 Å². The number of Topliss-reactive ketones (excluding diaryl/α,β-unsaturated/α-hetero) is 1. The monoisotopic (exact) mass is 532 g/mol. The average Bonchev–Trinajstić information content (AvgIpc) is 3.69. The molecule has 4 aromatic rings. The number of thiazole rings is 1. The van der Waals surface area contributed by atoms with E-state index in [1.54, 1.807) is 46.7 Å². The minimum absolute atomic E-state index is 0.0102. The van der Waals surface area contributed by atoms with Crippen LogP contribution >= 0.6 is 11.3 Å². The van der Waals surface area contributed by atoms with E-state index in [1.165, 1.54) is 11.3 Å². The van der Waals surface area contributed by atoms with Gasteiger partial charge >= 0.3 is 6.03 Å². The Morgan fingerprint density at radius 3 is 2.76 bits per heavy atom. The summed E-state index contributed by atoms with van der Waals surface area (Å²) in [5.74, 6) is 0.821. The van der Waals surface area contributed by atoms with Crippen molar-refractivity contribution in [3.05, 3.63) is 65.6 Å². The number of hydrogen-bond donors (Lipinski definition) is 3. The fraction of sp³-hybridized carbons (Fsp3) is 0.308. The van der Waals surface area contributed by atoms with E-state index in [9.17, 15) is 9.59 Å². The molecule has 0 bridgehead atoms. The first kappa shape index (κ1) is 25.5. The van der Waals surface area contributed by atoms with Gasteiger partial charge in [-0.2, -0.15) is 10.1 Å². The molecule has 3 N–H and O–H groups in total. The summed E-state index contributed by atoms with van der Waals surface area (Å²) >= 11 is 1.42. The molecule has 11 nitrogen and oxygen atoms in total. The van der Waals surface area contributed by atoms with Gasteiger partial charge in [-0.1, -0.05) is 6.07 Å². The minimum Gasteiger partial charge on any atom is -0.465 e. The third-order valence-corrected chi connectivity index (χ3v) is 7.02. The molecule has 1 fully saturated rings. The fourth-order valence-corrected chi connectivity index (χ4v) is 5.09. The van der Waals surface area contributed by atoms with Gasteiger partial charge in [0, 0.05) is 48.4 Å². The number of nitrogens with one attached hydrogen (secondary N) is 3. The second-order valence-electron chi connectivity index (χ2n) is 8.86. The summed E-state index contributed by atoms with van der Waals surface area (Å²) in [6.07, 6.45) is 3.46. The smallest absolute Gasteiger partial charge is 0.326 e. The summed E-state index contributed by atoms with van der Waals surface area (Å²) in [4.78, 5) is 39.1. The maximum absolute atomic E-state index is 13.6. The van der Waals surface area contributed by atoms with Crippen molar-refractivity contribution in [2.45, 2.75) is 32.9 Å². The molecule has 0 spiro atoms. The van der Waals surface area contributed by atoms with Crippen LogP contribution in [0.15, 0.2) is 54.2 Å². The Morgan fingerprint density at radius 2 is 2.00 bits per heavy atom. The molecule has 0 aromatic carbocycles. The van der Waals surface area contributed by atoms with E-state index in [2.05, 4.69) is 36.0 Å². The van der Waals surface area contributed by atoms with Crippen LogP contribution < -0.4 is 20.7 Å². The van der Waals surface area contributed by atoms with Crippen LogP contribution in [0, 0.1) is 12.8 Å². The second kappa shape index (κ2) is 11.5. The van der Waals surface area contributed by atoms with E-state index in [0.717, 1.165) is 29.2 Å². The summed E-state index contributed by atoms with van der Waals surface area (Å²) in [5, 5.41) is 15.7. The van der Waals surface area contributed by atoms with Crippen molar-refractivity contribution < 1.29 is 14.3 Å². The Balaban J connectivity index is 1.27. The normalized spacial score (nSPS) is 15.7. The highest BCUT2D eigenvalue weighted by molar-refractivity contribution is 7.13. The van der Waals surface area contributed by atoms with E-state index in [-0.39, 0.29) is 23.4 Å². The summed E-state index contributed by atoms with van der Waals surface area (Å²) in [7, 11) is 0. The van der Waals surface area contributed by atoms with Gasteiger partial charge in [-0.3, -0.25) is 25.1 Å². The number of aryl methyl sites for hydroxylation is 2. The SMILES string of the molecule is CCn1nc(C)cc1C(=O)C(Oc1cccc(NC(=O)Nc2csc(-c3ccncc3)n2)n1)C1CCNC1. The van der Waals surface area contributed by atoms with E-state index in [4.69, 9.17) is 4.74 Å². The number of carbonyl (C=O) groups excluding carboxylic acids is 2. The van der Waals surface area contributed by atoms with Gasteiger partial charge in [-0.25, -0.2) is 9.78 Å². The average molecular weight is 533 g/mol. The number of nitrogens with zero attached hydrogens (tertiary/aromatic N) is 5. The van der Waals surface area contributed by atoms with Crippen molar-refractivity contribution in [1.82, 2.24) is 30.0 Å². The fourth-order valence-electron chi connectivity index (χ4n) is 4.33. The van der Waals surface area contributed by atoms with Gasteiger partial charge in [0.2, 0.25) is 11.7 Å². The molecule has 1 aliphatic heterocycles. The maximum atomic E-state index is 13.6. The summed E-state index contributed by atoms with van der Waals surface area (Å²) in [5.41, 5.74) is 2.22. The number of hydrogen-bond acceptors (Lipinski definition) is 9. The third kappa shape index (κ3) is 5.87. The molecule has 0 aliphatic carbocycles. The predicted octanol–water partition coefficient (Wildman–Crippen LogP) is 4.01. The van der Waals surface area contributed by atoms with Crippen LogP contribution in [-0.2, 0) is 6.54 Å². The van der Waals surface area contributed by atoms with Gasteiger partial charge in [0.15, 0.2) is 6.10 Å². The molecular weight excluding hydrogens is 504 g/mol. The van der Waals surface area contributed by atoms with Gasteiger partial charge in [-0.15, -0.1) is 11.3 Å². The van der Waals surface area contributed by atoms with Crippen LogP contribution in [0.4, 0.5) is 16.4 Å². The Kier molecular flexibility index (Phi) is 7.70. The molecule has 2 unspecified atom stereocenters. The zero-order valence-electron chi connectivity index (χ0n) is 21.0. The van der Waals surface area contributed by atoms with Crippen LogP contribution in [0.1, 0.15) is 29.5 Å². The van der Waals surface area contributed by atoms with Crippen LogP contribution in [-0.4, -0.2) is 55.7 Å². The molecule has 2 amide bonds. The molecule has 1 aliphatic rings. The first-order valence-corrected chi connectivity index (χ1v) is 13.2. The number of amides is 2.